The smallest absolute Gasteiger partial charge is 0.264 e. The Morgan fingerprint density at radius 3 is 2.50 bits per heavy atom. The number of sulfonamides is 1. The van der Waals surface area contributed by atoms with E-state index in [1.54, 1.807) is 49.4 Å². The maximum absolute atomic E-state index is 13.4. The van der Waals surface area contributed by atoms with Gasteiger partial charge in [-0.1, -0.05) is 48.2 Å². The third-order valence-electron chi connectivity index (χ3n) is 5.64. The van der Waals surface area contributed by atoms with Crippen LogP contribution in [0.3, 0.4) is 0 Å². The van der Waals surface area contributed by atoms with E-state index in [-0.39, 0.29) is 17.3 Å². The van der Waals surface area contributed by atoms with Crippen LogP contribution in [0.1, 0.15) is 43.2 Å². The molecule has 0 radical (unpaired) electrons. The lowest BCUT2D eigenvalue weighted by Crippen LogP contribution is -2.41. The Hall–Kier alpha value is -2.09. The maximum Gasteiger partial charge on any atom is 0.264 e. The van der Waals surface area contributed by atoms with Gasteiger partial charge >= 0.3 is 0 Å². The molecule has 2 aromatic carbocycles. The van der Waals surface area contributed by atoms with Gasteiger partial charge in [-0.05, 0) is 62.9 Å². The Labute approximate surface area is 196 Å². The molecule has 0 aliphatic heterocycles. The van der Waals surface area contributed by atoms with Crippen molar-refractivity contribution in [2.24, 2.45) is 0 Å². The van der Waals surface area contributed by atoms with E-state index in [1.807, 2.05) is 6.92 Å². The molecule has 1 aliphatic carbocycles. The Morgan fingerprint density at radius 1 is 1.12 bits per heavy atom. The highest BCUT2D eigenvalue weighted by Gasteiger charge is 2.28. The predicted octanol–water partition coefficient (Wildman–Crippen LogP) is 4.62. The van der Waals surface area contributed by atoms with Crippen LogP contribution in [-0.2, 0) is 19.6 Å². The fourth-order valence-electron chi connectivity index (χ4n) is 3.78. The summed E-state index contributed by atoms with van der Waals surface area (Å²) in [5, 5.41) is 3.22. The van der Waals surface area contributed by atoms with Gasteiger partial charge in [0.2, 0.25) is 5.91 Å². The molecule has 1 N–H and O–H groups in total. The van der Waals surface area contributed by atoms with Crippen LogP contribution in [0.4, 0.5) is 5.69 Å². The highest BCUT2D eigenvalue weighted by molar-refractivity contribution is 7.92. The van der Waals surface area contributed by atoms with E-state index in [4.69, 9.17) is 16.3 Å². The van der Waals surface area contributed by atoms with Crippen molar-refractivity contribution in [1.82, 2.24) is 5.32 Å². The fourth-order valence-corrected chi connectivity index (χ4v) is 5.42. The molecule has 0 aromatic heterocycles. The maximum atomic E-state index is 13.4. The number of benzene rings is 2. The zero-order valence-corrected chi connectivity index (χ0v) is 20.2. The molecule has 0 heterocycles. The zero-order valence-electron chi connectivity index (χ0n) is 18.6. The van der Waals surface area contributed by atoms with Crippen molar-refractivity contribution < 1.29 is 17.9 Å². The van der Waals surface area contributed by atoms with Gasteiger partial charge in [0.1, 0.15) is 6.54 Å². The van der Waals surface area contributed by atoms with E-state index in [1.165, 1.54) is 12.8 Å². The first-order valence-electron chi connectivity index (χ1n) is 11.0. The summed E-state index contributed by atoms with van der Waals surface area (Å²) in [6.45, 7) is 4.36. The summed E-state index contributed by atoms with van der Waals surface area (Å²) in [6.07, 6.45) is 5.68. The van der Waals surface area contributed by atoms with Crippen molar-refractivity contribution in [1.29, 1.82) is 0 Å². The summed E-state index contributed by atoms with van der Waals surface area (Å²) in [5.74, 6) is -0.374. The van der Waals surface area contributed by atoms with Crippen LogP contribution in [-0.4, -0.2) is 40.1 Å². The van der Waals surface area contributed by atoms with Crippen LogP contribution in [0, 0.1) is 13.8 Å². The molecule has 8 heteroatoms. The zero-order chi connectivity index (χ0) is 23.1. The second kappa shape index (κ2) is 11.2. The molecular weight excluding hydrogens is 448 g/mol. The molecule has 0 bridgehead atoms. The molecule has 1 aliphatic rings. The van der Waals surface area contributed by atoms with Crippen LogP contribution in [0.2, 0.25) is 5.02 Å². The number of carbonyl (C=O) groups is 1. The Kier molecular flexibility index (Phi) is 8.57. The van der Waals surface area contributed by atoms with Gasteiger partial charge in [0.25, 0.3) is 10.0 Å². The van der Waals surface area contributed by atoms with Crippen molar-refractivity contribution in [3.05, 3.63) is 58.6 Å². The molecule has 32 heavy (non-hydrogen) atoms. The summed E-state index contributed by atoms with van der Waals surface area (Å²) in [7, 11) is -3.96. The second-order valence-corrected chi connectivity index (χ2v) is 10.5. The molecule has 2 aromatic rings. The highest BCUT2D eigenvalue weighted by atomic mass is 35.5. The number of hydrogen-bond donors (Lipinski definition) is 1. The number of ether oxygens (including phenoxy) is 1. The summed E-state index contributed by atoms with van der Waals surface area (Å²) in [4.78, 5) is 12.8. The van der Waals surface area contributed by atoms with Crippen LogP contribution in [0.25, 0.3) is 0 Å². The largest absolute Gasteiger partial charge is 0.378 e. The van der Waals surface area contributed by atoms with E-state index >= 15 is 0 Å². The first-order chi connectivity index (χ1) is 15.3. The lowest BCUT2D eigenvalue weighted by molar-refractivity contribution is -0.119. The van der Waals surface area contributed by atoms with E-state index in [0.29, 0.717) is 41.9 Å². The Balaban J connectivity index is 1.70. The van der Waals surface area contributed by atoms with Gasteiger partial charge in [-0.2, -0.15) is 0 Å². The van der Waals surface area contributed by atoms with Gasteiger partial charge in [0.15, 0.2) is 0 Å². The summed E-state index contributed by atoms with van der Waals surface area (Å²) in [6, 6.07) is 11.6. The second-order valence-electron chi connectivity index (χ2n) is 8.24. The van der Waals surface area contributed by atoms with Crippen molar-refractivity contribution >= 4 is 33.2 Å². The van der Waals surface area contributed by atoms with Crippen LogP contribution in [0.15, 0.2) is 47.4 Å². The standard InChI is InChI=1S/C24H31ClN2O4S/c1-18-8-12-22(13-9-18)32(29,30)27(23-16-20(25)11-10-19(23)2)17-24(28)26-14-5-15-31-21-6-3-4-7-21/h8-13,16,21H,3-7,14-15,17H2,1-2H3,(H,26,28). The van der Waals surface area contributed by atoms with Gasteiger partial charge < -0.3 is 10.1 Å². The lowest BCUT2D eigenvalue weighted by Gasteiger charge is -2.26. The number of rotatable bonds is 10. The van der Waals surface area contributed by atoms with E-state index in [0.717, 1.165) is 22.7 Å². The first-order valence-corrected chi connectivity index (χ1v) is 12.8. The van der Waals surface area contributed by atoms with Crippen LogP contribution in [0.5, 0.6) is 0 Å². The average molecular weight is 479 g/mol. The molecule has 0 spiro atoms. The van der Waals surface area contributed by atoms with Crippen molar-refractivity contribution in [2.75, 3.05) is 24.0 Å². The van der Waals surface area contributed by atoms with Crippen LogP contribution < -0.4 is 9.62 Å². The number of halogens is 1. The number of anilines is 1. The summed E-state index contributed by atoms with van der Waals surface area (Å²) < 4.78 is 33.8. The Morgan fingerprint density at radius 2 is 1.81 bits per heavy atom. The molecule has 0 atom stereocenters. The van der Waals surface area contributed by atoms with Crippen LogP contribution >= 0.6 is 11.6 Å². The first kappa shape index (κ1) is 24.6. The van der Waals surface area contributed by atoms with Gasteiger partial charge in [0, 0.05) is 18.2 Å². The van der Waals surface area contributed by atoms with E-state index in [9.17, 15) is 13.2 Å². The fraction of sp³-hybridized carbons (Fsp3) is 0.458. The number of nitrogens with one attached hydrogen (secondary N) is 1. The van der Waals surface area contributed by atoms with Gasteiger partial charge in [-0.25, -0.2) is 8.42 Å². The van der Waals surface area contributed by atoms with Gasteiger partial charge in [-0.3, -0.25) is 9.10 Å². The van der Waals surface area contributed by atoms with Crippen molar-refractivity contribution in [2.45, 2.75) is 57.0 Å². The molecule has 1 saturated carbocycles. The van der Waals surface area contributed by atoms with Gasteiger partial charge in [0.05, 0.1) is 16.7 Å². The number of hydrogen-bond acceptors (Lipinski definition) is 4. The lowest BCUT2D eigenvalue weighted by atomic mass is 10.2. The molecule has 3 rings (SSSR count). The molecule has 0 unspecified atom stereocenters. The minimum Gasteiger partial charge on any atom is -0.378 e. The monoisotopic (exact) mass is 478 g/mol. The number of aryl methyl sites for hydroxylation is 2. The molecule has 1 fully saturated rings. The number of nitrogens with zero attached hydrogens (tertiary/aromatic N) is 1. The predicted molar refractivity (Wildman–Crippen MR) is 128 cm³/mol. The van der Waals surface area contributed by atoms with Gasteiger partial charge in [-0.15, -0.1) is 0 Å². The molecule has 1 amide bonds. The van der Waals surface area contributed by atoms with Crippen molar-refractivity contribution in [3.8, 4) is 0 Å². The number of carbonyl (C=O) groups excluding carboxylic acids is 1. The molecule has 174 valence electrons. The molecular formula is C24H31ClN2O4S. The highest BCUT2D eigenvalue weighted by Crippen LogP contribution is 2.29. The van der Waals surface area contributed by atoms with E-state index < -0.39 is 10.0 Å². The molecule has 6 nitrogen and oxygen atoms in total. The quantitative estimate of drug-likeness (QED) is 0.505. The third-order valence-corrected chi connectivity index (χ3v) is 7.64. The summed E-state index contributed by atoms with van der Waals surface area (Å²) in [5.41, 5.74) is 2.05. The van der Waals surface area contributed by atoms with E-state index in [2.05, 4.69) is 5.32 Å². The Bertz CT molecular complexity index is 1020. The normalized spacial score (nSPS) is 14.5. The SMILES string of the molecule is Cc1ccc(S(=O)(=O)N(CC(=O)NCCCOC2CCCC2)c2cc(Cl)ccc2C)cc1. The summed E-state index contributed by atoms with van der Waals surface area (Å²) >= 11 is 6.15. The average Bonchev–Trinajstić information content (AvgIpc) is 3.27. The number of amides is 1. The van der Waals surface area contributed by atoms with Crippen molar-refractivity contribution in [3.63, 3.8) is 0 Å². The molecule has 0 saturated heterocycles. The minimum absolute atomic E-state index is 0.125. The topological polar surface area (TPSA) is 75.7 Å². The minimum atomic E-state index is -3.96. The third kappa shape index (κ3) is 6.47.